The Bertz CT molecular complexity index is 989. The monoisotopic (exact) mass is 407 g/mol. The smallest absolute Gasteiger partial charge is 0.325 e. The first-order valence-corrected chi connectivity index (χ1v) is 9.80. The van der Waals surface area contributed by atoms with Gasteiger partial charge in [0.25, 0.3) is 5.91 Å². The lowest BCUT2D eigenvalue weighted by Crippen LogP contribution is -2.64. The number of carbonyl (C=O) groups excluding carboxylic acids is 2. The van der Waals surface area contributed by atoms with E-state index in [1.54, 1.807) is 14.2 Å². The Hall–Kier alpha value is -3.55. The molecule has 2 atom stereocenters. The van der Waals surface area contributed by atoms with Crippen LogP contribution in [0.15, 0.2) is 53.5 Å². The van der Waals surface area contributed by atoms with Gasteiger partial charge in [0, 0.05) is 13.6 Å². The van der Waals surface area contributed by atoms with E-state index in [-0.39, 0.29) is 5.91 Å². The van der Waals surface area contributed by atoms with Crippen LogP contribution in [0.2, 0.25) is 0 Å². The van der Waals surface area contributed by atoms with Gasteiger partial charge in [-0.2, -0.15) is 0 Å². The number of carbonyl (C=O) groups is 2. The highest BCUT2D eigenvalue weighted by Gasteiger charge is 2.49. The van der Waals surface area contributed by atoms with Gasteiger partial charge in [-0.3, -0.25) is 10.1 Å². The zero-order valence-corrected chi connectivity index (χ0v) is 17.3. The Morgan fingerprint density at radius 1 is 1.10 bits per heavy atom. The lowest BCUT2D eigenvalue weighted by molar-refractivity contribution is -0.127. The standard InChI is InChI=1S/C22H25N5O3/c1-14-5-4-6-16(11-14)13-27-18-19(26(2)22(29)25-20(18)28)24-21(27)23-12-15-7-9-17(30-3)10-8-15/h4-11,18-19H,12-13H2,1-3H3,(H,23,24)(H,25,28,29). The summed E-state index contributed by atoms with van der Waals surface area (Å²) in [5.41, 5.74) is 3.24. The molecule has 2 saturated heterocycles. The largest absolute Gasteiger partial charge is 0.497 e. The number of nitrogens with one attached hydrogen (secondary N) is 2. The molecule has 2 aliphatic rings. The van der Waals surface area contributed by atoms with Crippen molar-refractivity contribution in [3.63, 3.8) is 0 Å². The molecule has 2 unspecified atom stereocenters. The number of fused-ring (bicyclic) bond motifs is 1. The van der Waals surface area contributed by atoms with Crippen LogP contribution in [0, 0.1) is 6.92 Å². The Morgan fingerprint density at radius 3 is 2.57 bits per heavy atom. The molecule has 0 aliphatic carbocycles. The van der Waals surface area contributed by atoms with E-state index in [1.165, 1.54) is 4.90 Å². The number of hydrogen-bond acceptors (Lipinski definition) is 4. The fourth-order valence-corrected chi connectivity index (χ4v) is 3.80. The number of rotatable bonds is 5. The van der Waals surface area contributed by atoms with Crippen molar-refractivity contribution >= 4 is 17.9 Å². The zero-order chi connectivity index (χ0) is 21.3. The highest BCUT2D eigenvalue weighted by molar-refractivity contribution is 6.04. The molecule has 2 aromatic rings. The number of aryl methyl sites for hydroxylation is 1. The minimum absolute atomic E-state index is 0.321. The van der Waals surface area contributed by atoms with E-state index < -0.39 is 18.2 Å². The van der Waals surface area contributed by atoms with Gasteiger partial charge in [0.1, 0.15) is 11.9 Å². The van der Waals surface area contributed by atoms with Crippen LogP contribution < -0.4 is 15.4 Å². The van der Waals surface area contributed by atoms with Gasteiger partial charge in [-0.25, -0.2) is 9.79 Å². The molecule has 0 bridgehead atoms. The molecule has 4 rings (SSSR count). The Labute approximate surface area is 175 Å². The van der Waals surface area contributed by atoms with E-state index in [9.17, 15) is 9.59 Å². The first-order valence-electron chi connectivity index (χ1n) is 9.80. The maximum Gasteiger partial charge on any atom is 0.325 e. The topological polar surface area (TPSA) is 86.3 Å². The van der Waals surface area contributed by atoms with E-state index >= 15 is 0 Å². The average molecular weight is 407 g/mol. The van der Waals surface area contributed by atoms with Crippen LogP contribution in [0.5, 0.6) is 5.75 Å². The summed E-state index contributed by atoms with van der Waals surface area (Å²) in [7, 11) is 3.30. The molecule has 2 N–H and O–H groups in total. The number of guanidine groups is 1. The van der Waals surface area contributed by atoms with Crippen LogP contribution in [0.4, 0.5) is 4.79 Å². The normalized spacial score (nSPS) is 22.0. The molecule has 0 saturated carbocycles. The third-order valence-electron chi connectivity index (χ3n) is 5.43. The van der Waals surface area contributed by atoms with Crippen molar-refractivity contribution in [1.82, 2.24) is 20.4 Å². The van der Waals surface area contributed by atoms with E-state index in [1.807, 2.05) is 54.3 Å². The molecule has 3 amide bonds. The number of imide groups is 1. The SMILES string of the molecule is COc1ccc(CN=C2NC3C(C(=O)NC(=O)N3C)N2Cc2cccc(C)c2)cc1. The number of urea groups is 1. The van der Waals surface area contributed by atoms with E-state index in [4.69, 9.17) is 9.73 Å². The van der Waals surface area contributed by atoms with E-state index in [2.05, 4.69) is 16.7 Å². The van der Waals surface area contributed by atoms with Crippen molar-refractivity contribution < 1.29 is 14.3 Å². The molecule has 8 heteroatoms. The van der Waals surface area contributed by atoms with Crippen LogP contribution in [-0.2, 0) is 17.9 Å². The predicted molar refractivity (Wildman–Crippen MR) is 113 cm³/mol. The van der Waals surface area contributed by atoms with Gasteiger partial charge in [-0.1, -0.05) is 42.0 Å². The first kappa shape index (κ1) is 19.8. The molecule has 156 valence electrons. The van der Waals surface area contributed by atoms with Crippen LogP contribution in [0.25, 0.3) is 0 Å². The van der Waals surface area contributed by atoms with Gasteiger partial charge in [0.15, 0.2) is 12.0 Å². The third-order valence-corrected chi connectivity index (χ3v) is 5.43. The molecule has 2 fully saturated rings. The van der Waals surface area contributed by atoms with Crippen molar-refractivity contribution in [2.45, 2.75) is 32.2 Å². The maximum atomic E-state index is 12.7. The van der Waals surface area contributed by atoms with Gasteiger partial charge in [0.05, 0.1) is 13.7 Å². The number of likely N-dealkylation sites (N-methyl/N-ethyl adjacent to an activating group) is 1. The van der Waals surface area contributed by atoms with E-state index in [0.717, 1.165) is 22.4 Å². The number of nitrogens with zero attached hydrogens (tertiary/aromatic N) is 3. The number of methoxy groups -OCH3 is 1. The molecule has 8 nitrogen and oxygen atoms in total. The van der Waals surface area contributed by atoms with Crippen LogP contribution in [0.3, 0.4) is 0 Å². The van der Waals surface area contributed by atoms with Gasteiger partial charge in [-0.05, 0) is 30.2 Å². The fraction of sp³-hybridized carbons (Fsp3) is 0.318. The summed E-state index contributed by atoms with van der Waals surface area (Å²) in [4.78, 5) is 32.9. The number of amides is 3. The van der Waals surface area contributed by atoms with Crippen LogP contribution in [-0.4, -0.2) is 54.1 Å². The number of benzene rings is 2. The first-order chi connectivity index (χ1) is 14.5. The zero-order valence-electron chi connectivity index (χ0n) is 17.3. The molecule has 0 spiro atoms. The van der Waals surface area contributed by atoms with Crippen molar-refractivity contribution in [3.05, 3.63) is 65.2 Å². The molecule has 30 heavy (non-hydrogen) atoms. The lowest BCUT2D eigenvalue weighted by Gasteiger charge is -2.35. The quantitative estimate of drug-likeness (QED) is 0.790. The molecule has 2 heterocycles. The van der Waals surface area contributed by atoms with Crippen LogP contribution >= 0.6 is 0 Å². The Balaban J connectivity index is 1.63. The van der Waals surface area contributed by atoms with Gasteiger partial charge in [0.2, 0.25) is 0 Å². The second-order valence-corrected chi connectivity index (χ2v) is 7.54. The second-order valence-electron chi connectivity index (χ2n) is 7.54. The molecule has 2 aliphatic heterocycles. The minimum atomic E-state index is -0.553. The molecule has 0 radical (unpaired) electrons. The average Bonchev–Trinajstić information content (AvgIpc) is 3.10. The Morgan fingerprint density at radius 2 is 1.87 bits per heavy atom. The van der Waals surface area contributed by atoms with Gasteiger partial charge in [-0.15, -0.1) is 0 Å². The summed E-state index contributed by atoms with van der Waals surface area (Å²) in [6.07, 6.45) is -0.467. The van der Waals surface area contributed by atoms with Crippen LogP contribution in [0.1, 0.15) is 16.7 Å². The summed E-state index contributed by atoms with van der Waals surface area (Å²) in [5, 5.41) is 5.71. The maximum absolute atomic E-state index is 12.7. The number of ether oxygens (including phenoxy) is 1. The molecular formula is C22H25N5O3. The summed E-state index contributed by atoms with van der Waals surface area (Å²) >= 11 is 0. The summed E-state index contributed by atoms with van der Waals surface area (Å²) in [5.74, 6) is 1.06. The second kappa shape index (κ2) is 8.06. The fourth-order valence-electron chi connectivity index (χ4n) is 3.80. The van der Waals surface area contributed by atoms with Gasteiger partial charge < -0.3 is 19.9 Å². The van der Waals surface area contributed by atoms with Crippen molar-refractivity contribution in [3.8, 4) is 5.75 Å². The van der Waals surface area contributed by atoms with E-state index in [0.29, 0.717) is 19.0 Å². The Kier molecular flexibility index (Phi) is 5.31. The lowest BCUT2D eigenvalue weighted by atomic mass is 10.1. The predicted octanol–water partition coefficient (Wildman–Crippen LogP) is 1.84. The molecule has 2 aromatic carbocycles. The highest BCUT2D eigenvalue weighted by atomic mass is 16.5. The summed E-state index contributed by atoms with van der Waals surface area (Å²) in [6.45, 7) is 2.98. The summed E-state index contributed by atoms with van der Waals surface area (Å²) in [6, 6.07) is 14.9. The number of hydrogen-bond donors (Lipinski definition) is 2. The summed E-state index contributed by atoms with van der Waals surface area (Å²) < 4.78 is 5.20. The minimum Gasteiger partial charge on any atom is -0.497 e. The number of aliphatic imine (C=N–C) groups is 1. The third kappa shape index (κ3) is 3.80. The van der Waals surface area contributed by atoms with Crippen molar-refractivity contribution in [1.29, 1.82) is 0 Å². The van der Waals surface area contributed by atoms with Crippen molar-refractivity contribution in [2.24, 2.45) is 4.99 Å². The highest BCUT2D eigenvalue weighted by Crippen LogP contribution is 2.23. The molecule has 0 aromatic heterocycles. The van der Waals surface area contributed by atoms with Gasteiger partial charge >= 0.3 is 6.03 Å². The molecular weight excluding hydrogens is 382 g/mol. The van der Waals surface area contributed by atoms with Crippen molar-refractivity contribution in [2.75, 3.05) is 14.2 Å².